The zero-order valence-corrected chi connectivity index (χ0v) is 14.8. The minimum atomic E-state index is -4.46. The summed E-state index contributed by atoms with van der Waals surface area (Å²) >= 11 is 0. The van der Waals surface area contributed by atoms with Crippen molar-refractivity contribution in [1.29, 1.82) is 0 Å². The molecule has 1 unspecified atom stereocenters. The molecule has 1 aliphatic heterocycles. The van der Waals surface area contributed by atoms with Crippen LogP contribution in [0.15, 0.2) is 54.7 Å². The van der Waals surface area contributed by atoms with E-state index in [4.69, 9.17) is 0 Å². The molecule has 0 radical (unpaired) electrons. The molecule has 4 rings (SSSR count). The van der Waals surface area contributed by atoms with Crippen LogP contribution in [0.4, 0.5) is 18.9 Å². The first-order chi connectivity index (χ1) is 12.7. The van der Waals surface area contributed by atoms with Crippen molar-refractivity contribution >= 4 is 26.8 Å². The zero-order chi connectivity index (χ0) is 19.4. The minimum absolute atomic E-state index is 0.344. The first kappa shape index (κ1) is 17.7. The predicted octanol–water partition coefficient (Wildman–Crippen LogP) is 3.95. The molecule has 140 valence electrons. The highest BCUT2D eigenvalue weighted by molar-refractivity contribution is 7.90. The van der Waals surface area contributed by atoms with Crippen LogP contribution in [-0.4, -0.2) is 24.8 Å². The molecule has 0 amide bonds. The Bertz CT molecular complexity index is 1130. The lowest BCUT2D eigenvalue weighted by atomic mass is 9.95. The standard InChI is InChI=1S/C18H14F3N3O2S/c1-24-17(12-4-7-13(8-5-12)18(19,20)21)14-9-6-11-3-2-10-22-15(11)16(14)23-27(24,25)26/h2-10,17,23H,1H3. The molecule has 0 saturated carbocycles. The van der Waals surface area contributed by atoms with Gasteiger partial charge in [0.05, 0.1) is 22.8 Å². The molecule has 9 heteroatoms. The van der Waals surface area contributed by atoms with Crippen molar-refractivity contribution in [2.24, 2.45) is 0 Å². The number of nitrogens with one attached hydrogen (secondary N) is 1. The van der Waals surface area contributed by atoms with Crippen LogP contribution in [0.1, 0.15) is 22.7 Å². The van der Waals surface area contributed by atoms with Crippen LogP contribution in [0.2, 0.25) is 0 Å². The fourth-order valence-electron chi connectivity index (χ4n) is 3.28. The van der Waals surface area contributed by atoms with E-state index in [2.05, 4.69) is 9.71 Å². The number of aromatic nitrogens is 1. The van der Waals surface area contributed by atoms with E-state index >= 15 is 0 Å². The number of rotatable bonds is 1. The fourth-order valence-corrected chi connectivity index (χ4v) is 4.40. The Hall–Kier alpha value is -2.65. The van der Waals surface area contributed by atoms with E-state index in [1.165, 1.54) is 19.2 Å². The van der Waals surface area contributed by atoms with E-state index in [1.807, 2.05) is 12.1 Å². The number of hydrogen-bond acceptors (Lipinski definition) is 3. The second-order valence-corrected chi connectivity index (χ2v) is 7.98. The molecule has 0 bridgehead atoms. The molecular weight excluding hydrogens is 379 g/mol. The van der Waals surface area contributed by atoms with Crippen LogP contribution < -0.4 is 4.72 Å². The van der Waals surface area contributed by atoms with Gasteiger partial charge in [-0.15, -0.1) is 0 Å². The second kappa shape index (κ2) is 5.93. The summed E-state index contributed by atoms with van der Waals surface area (Å²) in [6.45, 7) is 0. The summed E-state index contributed by atoms with van der Waals surface area (Å²) in [5.41, 5.74) is 1.11. The third kappa shape index (κ3) is 2.92. The number of hydrogen-bond donors (Lipinski definition) is 1. The van der Waals surface area contributed by atoms with Gasteiger partial charge in [0.2, 0.25) is 0 Å². The SMILES string of the molecule is CN1C(c2ccc(C(F)(F)F)cc2)c2ccc3cccnc3c2NS1(=O)=O. The maximum Gasteiger partial charge on any atom is 0.416 e. The molecular formula is C18H14F3N3O2S. The minimum Gasteiger partial charge on any atom is -0.268 e. The van der Waals surface area contributed by atoms with Crippen molar-refractivity contribution in [3.63, 3.8) is 0 Å². The Kier molecular flexibility index (Phi) is 3.90. The summed E-state index contributed by atoms with van der Waals surface area (Å²) in [5, 5.41) is 0.759. The molecule has 5 nitrogen and oxygen atoms in total. The second-order valence-electron chi connectivity index (χ2n) is 6.25. The van der Waals surface area contributed by atoms with Crippen LogP contribution in [0.3, 0.4) is 0 Å². The van der Waals surface area contributed by atoms with Crippen LogP contribution in [0.5, 0.6) is 0 Å². The van der Waals surface area contributed by atoms with E-state index in [0.717, 1.165) is 21.8 Å². The highest BCUT2D eigenvalue weighted by Gasteiger charge is 2.37. The lowest BCUT2D eigenvalue weighted by Gasteiger charge is -2.35. The molecule has 2 aromatic carbocycles. The molecule has 1 aromatic heterocycles. The number of benzene rings is 2. The monoisotopic (exact) mass is 393 g/mol. The van der Waals surface area contributed by atoms with Crippen LogP contribution in [0, 0.1) is 0 Å². The molecule has 2 heterocycles. The Morgan fingerprint density at radius 3 is 2.44 bits per heavy atom. The van der Waals surface area contributed by atoms with Crippen LogP contribution in [-0.2, 0) is 16.4 Å². The summed E-state index contributed by atoms with van der Waals surface area (Å²) in [6.07, 6.45) is -2.90. The summed E-state index contributed by atoms with van der Waals surface area (Å²) in [5.74, 6) is 0. The van der Waals surface area contributed by atoms with Gasteiger partial charge in [-0.3, -0.25) is 9.71 Å². The Balaban J connectivity index is 1.92. The largest absolute Gasteiger partial charge is 0.416 e. The van der Waals surface area contributed by atoms with Gasteiger partial charge in [-0.2, -0.15) is 25.9 Å². The topological polar surface area (TPSA) is 62.3 Å². The smallest absolute Gasteiger partial charge is 0.268 e. The van der Waals surface area contributed by atoms with Gasteiger partial charge in [0.1, 0.15) is 0 Å². The number of alkyl halides is 3. The number of fused-ring (bicyclic) bond motifs is 3. The fraction of sp³-hybridized carbons (Fsp3) is 0.167. The molecule has 0 aliphatic carbocycles. The number of nitrogens with zero attached hydrogens (tertiary/aromatic N) is 2. The molecule has 27 heavy (non-hydrogen) atoms. The maximum atomic E-state index is 12.9. The third-order valence-corrected chi connectivity index (χ3v) is 6.06. The average Bonchev–Trinajstić information content (AvgIpc) is 2.62. The molecule has 0 fully saturated rings. The number of halogens is 3. The number of anilines is 1. The predicted molar refractivity (Wildman–Crippen MR) is 95.3 cm³/mol. The Labute approximate surface area is 153 Å². The van der Waals surface area contributed by atoms with E-state index in [-0.39, 0.29) is 0 Å². The van der Waals surface area contributed by atoms with Crippen molar-refractivity contribution in [2.75, 3.05) is 11.8 Å². The molecule has 0 saturated heterocycles. The zero-order valence-electron chi connectivity index (χ0n) is 14.0. The van der Waals surface area contributed by atoms with E-state index in [9.17, 15) is 21.6 Å². The van der Waals surface area contributed by atoms with Gasteiger partial charge < -0.3 is 0 Å². The van der Waals surface area contributed by atoms with Gasteiger partial charge in [-0.05, 0) is 23.8 Å². The van der Waals surface area contributed by atoms with Gasteiger partial charge in [-0.25, -0.2) is 0 Å². The normalized spacial score (nSPS) is 19.5. The summed E-state index contributed by atoms with van der Waals surface area (Å²) in [7, 11) is -2.50. The first-order valence-electron chi connectivity index (χ1n) is 7.99. The van der Waals surface area contributed by atoms with Gasteiger partial charge in [0, 0.05) is 24.2 Å². The lowest BCUT2D eigenvalue weighted by Crippen LogP contribution is -2.40. The molecule has 1 atom stereocenters. The third-order valence-electron chi connectivity index (χ3n) is 4.63. The molecule has 0 spiro atoms. The van der Waals surface area contributed by atoms with Crippen LogP contribution >= 0.6 is 0 Å². The molecule has 1 N–H and O–H groups in total. The quantitative estimate of drug-likeness (QED) is 0.681. The molecule has 1 aliphatic rings. The van der Waals surface area contributed by atoms with Crippen LogP contribution in [0.25, 0.3) is 10.9 Å². The van der Waals surface area contributed by atoms with Crippen molar-refractivity contribution in [3.05, 3.63) is 71.4 Å². The highest BCUT2D eigenvalue weighted by Crippen LogP contribution is 2.42. The van der Waals surface area contributed by atoms with Gasteiger partial charge in [0.25, 0.3) is 0 Å². The summed E-state index contributed by atoms with van der Waals surface area (Å²) < 4.78 is 67.4. The van der Waals surface area contributed by atoms with E-state index in [1.54, 1.807) is 18.3 Å². The maximum absolute atomic E-state index is 12.9. The van der Waals surface area contributed by atoms with Crippen molar-refractivity contribution in [1.82, 2.24) is 9.29 Å². The van der Waals surface area contributed by atoms with Gasteiger partial charge >= 0.3 is 16.4 Å². The van der Waals surface area contributed by atoms with Crippen molar-refractivity contribution < 1.29 is 21.6 Å². The van der Waals surface area contributed by atoms with Crippen molar-refractivity contribution in [2.45, 2.75) is 12.2 Å². The number of pyridine rings is 1. The lowest BCUT2D eigenvalue weighted by molar-refractivity contribution is -0.137. The van der Waals surface area contributed by atoms with Gasteiger partial charge in [0.15, 0.2) is 0 Å². The van der Waals surface area contributed by atoms with Crippen molar-refractivity contribution in [3.8, 4) is 0 Å². The highest BCUT2D eigenvalue weighted by atomic mass is 32.2. The van der Waals surface area contributed by atoms with Gasteiger partial charge in [-0.1, -0.05) is 30.3 Å². The van der Waals surface area contributed by atoms with E-state index in [0.29, 0.717) is 22.3 Å². The Morgan fingerprint density at radius 1 is 1.07 bits per heavy atom. The molecule has 3 aromatic rings. The first-order valence-corrected chi connectivity index (χ1v) is 9.43. The Morgan fingerprint density at radius 2 is 1.78 bits per heavy atom. The average molecular weight is 393 g/mol. The van der Waals surface area contributed by atoms with E-state index < -0.39 is 28.0 Å². The summed E-state index contributed by atoms with van der Waals surface area (Å²) in [6, 6.07) is 10.9. The summed E-state index contributed by atoms with van der Waals surface area (Å²) in [4.78, 5) is 4.27.